The number of nitrogens with one attached hydrogen (secondary N) is 1. The molecule has 0 bridgehead atoms. The summed E-state index contributed by atoms with van der Waals surface area (Å²) in [5.74, 6) is -0.925. The van der Waals surface area contributed by atoms with Crippen LogP contribution in [-0.2, 0) is 37.8 Å². The zero-order chi connectivity index (χ0) is 27.2. The molecule has 202 valence electrons. The lowest BCUT2D eigenvalue weighted by molar-refractivity contribution is -0.121. The van der Waals surface area contributed by atoms with Gasteiger partial charge in [-0.15, -0.1) is 0 Å². The van der Waals surface area contributed by atoms with Crippen LogP contribution in [0.3, 0.4) is 0 Å². The lowest BCUT2D eigenvalue weighted by Crippen LogP contribution is -2.40. The van der Waals surface area contributed by atoms with E-state index in [1.165, 1.54) is 40.7 Å². The maximum atomic E-state index is 13.3. The maximum absolute atomic E-state index is 13.3. The monoisotopic (exact) mass is 559 g/mol. The van der Waals surface area contributed by atoms with E-state index in [-0.39, 0.29) is 22.9 Å². The molecule has 1 aliphatic rings. The molecule has 8 nitrogen and oxygen atoms in total. The first-order chi connectivity index (χ1) is 18.2. The molecule has 11 heteroatoms. The minimum atomic E-state index is -3.99. The number of hydrogen-bond donors (Lipinski definition) is 1. The molecule has 0 aliphatic carbocycles. The summed E-state index contributed by atoms with van der Waals surface area (Å²) in [6.07, 6.45) is 2.18. The topological polar surface area (TPSA) is 104 Å². The number of amides is 1. The van der Waals surface area contributed by atoms with Gasteiger partial charge < -0.3 is 5.32 Å². The largest absolute Gasteiger partial charge is 0.355 e. The van der Waals surface area contributed by atoms with Crippen LogP contribution in [0.4, 0.5) is 4.39 Å². The Balaban J connectivity index is 1.38. The maximum Gasteiger partial charge on any atom is 0.243 e. The van der Waals surface area contributed by atoms with Crippen molar-refractivity contribution in [2.24, 2.45) is 0 Å². The quantitative estimate of drug-likeness (QED) is 0.389. The fraction of sp³-hybridized carbons (Fsp3) is 0.296. The van der Waals surface area contributed by atoms with Gasteiger partial charge in [-0.2, -0.15) is 8.61 Å². The highest BCUT2D eigenvalue weighted by molar-refractivity contribution is 7.89. The summed E-state index contributed by atoms with van der Waals surface area (Å²) in [6, 6.07) is 19.8. The van der Waals surface area contributed by atoms with Crippen molar-refractivity contribution in [1.29, 1.82) is 0 Å². The van der Waals surface area contributed by atoms with Gasteiger partial charge in [-0.05, 0) is 66.8 Å². The van der Waals surface area contributed by atoms with E-state index in [9.17, 15) is 26.0 Å². The third-order valence-corrected chi connectivity index (χ3v) is 10.1. The van der Waals surface area contributed by atoms with E-state index in [4.69, 9.17) is 0 Å². The van der Waals surface area contributed by atoms with Crippen LogP contribution in [0.25, 0.3) is 0 Å². The lowest BCUT2D eigenvalue weighted by atomic mass is 10.1. The predicted molar refractivity (Wildman–Crippen MR) is 142 cm³/mol. The highest BCUT2D eigenvalue weighted by atomic mass is 32.2. The molecule has 1 heterocycles. The van der Waals surface area contributed by atoms with Crippen molar-refractivity contribution in [3.8, 4) is 0 Å². The lowest BCUT2D eigenvalue weighted by Gasteiger charge is -2.22. The van der Waals surface area contributed by atoms with E-state index < -0.39 is 38.3 Å². The summed E-state index contributed by atoms with van der Waals surface area (Å²) in [6.45, 7) is 0.800. The molecule has 0 unspecified atom stereocenters. The van der Waals surface area contributed by atoms with E-state index >= 15 is 0 Å². The summed E-state index contributed by atoms with van der Waals surface area (Å²) in [5.41, 5.74) is 1.38. The number of benzene rings is 3. The molecule has 38 heavy (non-hydrogen) atoms. The molecule has 0 spiro atoms. The molecule has 0 atom stereocenters. The molecule has 1 aliphatic heterocycles. The first-order valence-corrected chi connectivity index (χ1v) is 15.2. The Kier molecular flexibility index (Phi) is 8.93. The van der Waals surface area contributed by atoms with E-state index in [1.54, 1.807) is 42.5 Å². The summed E-state index contributed by atoms with van der Waals surface area (Å²) in [5, 5.41) is 2.74. The molecule has 1 N–H and O–H groups in total. The summed E-state index contributed by atoms with van der Waals surface area (Å²) in [4.78, 5) is 13.0. The van der Waals surface area contributed by atoms with Crippen molar-refractivity contribution in [1.82, 2.24) is 13.9 Å². The van der Waals surface area contributed by atoms with Crippen LogP contribution in [0.1, 0.15) is 24.0 Å². The number of carbonyl (C=O) groups is 1. The summed E-state index contributed by atoms with van der Waals surface area (Å²) < 4.78 is 67.8. The van der Waals surface area contributed by atoms with Crippen molar-refractivity contribution in [3.63, 3.8) is 0 Å². The molecule has 3 aromatic carbocycles. The number of nitrogens with zero attached hydrogens (tertiary/aromatic N) is 2. The molecule has 1 fully saturated rings. The first-order valence-electron chi connectivity index (χ1n) is 12.3. The molecule has 3 aromatic rings. The standard InChI is InChI=1S/C27H30FN3O5S2/c28-24-12-8-23(9-13-24)20-31(38(35,36)25-6-2-1-3-7-25)21-27(32)29-17-16-22-10-14-26(15-11-22)37(33,34)30-18-4-5-19-30/h1-3,6-15H,4-5,16-21H2,(H,29,32). The molecular formula is C27H30FN3O5S2. The number of halogens is 1. The van der Waals surface area contributed by atoms with Gasteiger partial charge in [-0.3, -0.25) is 4.79 Å². The molecule has 1 saturated heterocycles. The average Bonchev–Trinajstić information content (AvgIpc) is 3.47. The SMILES string of the molecule is O=C(CN(Cc1ccc(F)cc1)S(=O)(=O)c1ccccc1)NCCc1ccc(S(=O)(=O)N2CCCC2)cc1. The van der Waals surface area contributed by atoms with Gasteiger partial charge in [0.15, 0.2) is 0 Å². The van der Waals surface area contributed by atoms with Crippen molar-refractivity contribution in [3.05, 3.63) is 95.8 Å². The molecule has 0 radical (unpaired) electrons. The summed E-state index contributed by atoms with van der Waals surface area (Å²) >= 11 is 0. The zero-order valence-corrected chi connectivity index (χ0v) is 22.4. The van der Waals surface area contributed by atoms with Crippen LogP contribution in [0, 0.1) is 5.82 Å². The van der Waals surface area contributed by atoms with Gasteiger partial charge in [-0.1, -0.05) is 42.5 Å². The van der Waals surface area contributed by atoms with E-state index in [0.717, 1.165) is 22.7 Å². The fourth-order valence-electron chi connectivity index (χ4n) is 4.23. The Morgan fingerprint density at radius 3 is 2.05 bits per heavy atom. The normalized spacial score (nSPS) is 14.6. The van der Waals surface area contributed by atoms with Crippen molar-refractivity contribution in [2.45, 2.75) is 35.6 Å². The zero-order valence-electron chi connectivity index (χ0n) is 20.8. The highest BCUT2D eigenvalue weighted by Gasteiger charge is 2.28. The van der Waals surface area contributed by atoms with Gasteiger partial charge in [0.2, 0.25) is 26.0 Å². The van der Waals surface area contributed by atoms with Crippen LogP contribution >= 0.6 is 0 Å². The van der Waals surface area contributed by atoms with E-state index in [1.807, 2.05) is 0 Å². The van der Waals surface area contributed by atoms with Crippen LogP contribution < -0.4 is 5.32 Å². The van der Waals surface area contributed by atoms with Crippen LogP contribution in [0.15, 0.2) is 88.7 Å². The Morgan fingerprint density at radius 2 is 1.42 bits per heavy atom. The van der Waals surface area contributed by atoms with Gasteiger partial charge >= 0.3 is 0 Å². The second kappa shape index (κ2) is 12.2. The third-order valence-electron chi connectivity index (χ3n) is 6.34. The Hall–Kier alpha value is -3.12. The van der Waals surface area contributed by atoms with Crippen molar-refractivity contribution < 1.29 is 26.0 Å². The van der Waals surface area contributed by atoms with Crippen LogP contribution in [-0.4, -0.2) is 57.5 Å². The van der Waals surface area contributed by atoms with Gasteiger partial charge in [0.05, 0.1) is 16.3 Å². The van der Waals surface area contributed by atoms with Gasteiger partial charge in [0, 0.05) is 26.2 Å². The first kappa shape index (κ1) is 27.9. The van der Waals surface area contributed by atoms with Crippen LogP contribution in [0.2, 0.25) is 0 Å². The number of sulfonamides is 2. The van der Waals surface area contributed by atoms with Crippen LogP contribution in [0.5, 0.6) is 0 Å². The second-order valence-electron chi connectivity index (χ2n) is 9.07. The second-order valence-corrected chi connectivity index (χ2v) is 12.9. The van der Waals surface area contributed by atoms with Gasteiger partial charge in [-0.25, -0.2) is 21.2 Å². The highest BCUT2D eigenvalue weighted by Crippen LogP contribution is 2.21. The van der Waals surface area contributed by atoms with Crippen molar-refractivity contribution in [2.75, 3.05) is 26.2 Å². The number of hydrogen-bond acceptors (Lipinski definition) is 5. The Morgan fingerprint density at radius 1 is 0.816 bits per heavy atom. The molecule has 0 aromatic heterocycles. The minimum Gasteiger partial charge on any atom is -0.355 e. The van der Waals surface area contributed by atoms with E-state index in [0.29, 0.717) is 25.1 Å². The minimum absolute atomic E-state index is 0.0545. The molecule has 1 amide bonds. The number of carbonyl (C=O) groups excluding carboxylic acids is 1. The molecular weight excluding hydrogens is 529 g/mol. The third kappa shape index (κ3) is 6.84. The van der Waals surface area contributed by atoms with Crippen molar-refractivity contribution >= 4 is 26.0 Å². The smallest absolute Gasteiger partial charge is 0.243 e. The average molecular weight is 560 g/mol. The summed E-state index contributed by atoms with van der Waals surface area (Å²) in [7, 11) is -7.48. The Labute approximate surface area is 223 Å². The number of rotatable bonds is 11. The predicted octanol–water partition coefficient (Wildman–Crippen LogP) is 3.16. The fourth-order valence-corrected chi connectivity index (χ4v) is 7.15. The van der Waals surface area contributed by atoms with Gasteiger partial charge in [0.1, 0.15) is 5.82 Å². The van der Waals surface area contributed by atoms with Gasteiger partial charge in [0.25, 0.3) is 0 Å². The molecule has 0 saturated carbocycles. The van der Waals surface area contributed by atoms with E-state index in [2.05, 4.69) is 5.32 Å². The Bertz CT molecular complexity index is 1440. The molecule has 4 rings (SSSR count).